The third-order valence-corrected chi connectivity index (χ3v) is 3.71. The van der Waals surface area contributed by atoms with Crippen LogP contribution < -0.4 is 15.8 Å². The highest BCUT2D eigenvalue weighted by atomic mass is 79.9. The maximum Gasteiger partial charge on any atom is 0.122 e. The van der Waals surface area contributed by atoms with Gasteiger partial charge in [0.1, 0.15) is 5.75 Å². The van der Waals surface area contributed by atoms with E-state index >= 15 is 0 Å². The van der Waals surface area contributed by atoms with E-state index in [0.29, 0.717) is 12.1 Å². The van der Waals surface area contributed by atoms with Gasteiger partial charge in [0, 0.05) is 28.3 Å². The largest absolute Gasteiger partial charge is 0.497 e. The molecule has 1 aromatic carbocycles. The fourth-order valence-electron chi connectivity index (χ4n) is 2.26. The van der Waals surface area contributed by atoms with Crippen LogP contribution in [0.3, 0.4) is 0 Å². The zero-order valence-corrected chi connectivity index (χ0v) is 11.7. The molecular formula is C13H19BrN2O. The molecule has 2 rings (SSSR count). The highest BCUT2D eigenvalue weighted by molar-refractivity contribution is 9.10. The number of methoxy groups -OCH3 is 1. The van der Waals surface area contributed by atoms with Crippen molar-refractivity contribution in [2.24, 2.45) is 5.73 Å². The van der Waals surface area contributed by atoms with Gasteiger partial charge in [0.05, 0.1) is 7.11 Å². The molecule has 17 heavy (non-hydrogen) atoms. The minimum atomic E-state index is 0.394. The van der Waals surface area contributed by atoms with E-state index in [1.807, 2.05) is 12.1 Å². The molecule has 1 aliphatic carbocycles. The van der Waals surface area contributed by atoms with Crippen LogP contribution >= 0.6 is 15.9 Å². The molecule has 0 unspecified atom stereocenters. The Hall–Kier alpha value is -0.740. The molecule has 1 aromatic rings. The first-order valence-electron chi connectivity index (χ1n) is 6.04. The summed E-state index contributed by atoms with van der Waals surface area (Å²) < 4.78 is 6.29. The average Bonchev–Trinajstić information content (AvgIpc) is 2.31. The van der Waals surface area contributed by atoms with E-state index in [9.17, 15) is 0 Å². The summed E-state index contributed by atoms with van der Waals surface area (Å²) in [7, 11) is 1.69. The quantitative estimate of drug-likeness (QED) is 0.901. The molecule has 94 valence electrons. The van der Waals surface area contributed by atoms with Crippen molar-refractivity contribution in [2.45, 2.75) is 37.8 Å². The Kier molecular flexibility index (Phi) is 4.29. The summed E-state index contributed by atoms with van der Waals surface area (Å²) in [5, 5.41) is 3.55. The number of hydrogen-bond acceptors (Lipinski definition) is 3. The van der Waals surface area contributed by atoms with Crippen molar-refractivity contribution in [2.75, 3.05) is 12.4 Å². The molecule has 1 saturated carbocycles. The van der Waals surface area contributed by atoms with Crippen LogP contribution in [0.25, 0.3) is 0 Å². The number of nitrogens with one attached hydrogen (secondary N) is 1. The van der Waals surface area contributed by atoms with Crippen molar-refractivity contribution in [1.29, 1.82) is 0 Å². The van der Waals surface area contributed by atoms with Crippen LogP contribution in [0.1, 0.15) is 25.7 Å². The fraction of sp³-hybridized carbons (Fsp3) is 0.538. The maximum atomic E-state index is 5.90. The molecule has 0 heterocycles. The zero-order chi connectivity index (χ0) is 12.3. The smallest absolute Gasteiger partial charge is 0.122 e. The van der Waals surface area contributed by atoms with Gasteiger partial charge in [0.15, 0.2) is 0 Å². The second kappa shape index (κ2) is 5.74. The summed E-state index contributed by atoms with van der Waals surface area (Å²) in [6.45, 7) is 0. The van der Waals surface area contributed by atoms with E-state index in [0.717, 1.165) is 41.6 Å². The lowest BCUT2D eigenvalue weighted by molar-refractivity contribution is 0.408. The Bertz CT molecular complexity index is 376. The second-order valence-corrected chi connectivity index (χ2v) is 5.55. The van der Waals surface area contributed by atoms with Crippen molar-refractivity contribution in [1.82, 2.24) is 0 Å². The first kappa shape index (κ1) is 12.7. The summed E-state index contributed by atoms with van der Waals surface area (Å²) in [5.74, 6) is 0.870. The van der Waals surface area contributed by atoms with Gasteiger partial charge in [-0.2, -0.15) is 0 Å². The number of halogens is 1. The predicted octanol–water partition coefficient (Wildman–Crippen LogP) is 3.14. The van der Waals surface area contributed by atoms with E-state index in [1.54, 1.807) is 7.11 Å². The van der Waals surface area contributed by atoms with Gasteiger partial charge >= 0.3 is 0 Å². The number of nitrogens with two attached hydrogens (primary N) is 1. The summed E-state index contributed by atoms with van der Waals surface area (Å²) in [5.41, 5.74) is 7.01. The Morgan fingerprint density at radius 3 is 2.59 bits per heavy atom. The SMILES string of the molecule is COc1cc(Br)cc(NC2CCC(N)CC2)c1. The van der Waals surface area contributed by atoms with Crippen LogP contribution in [-0.2, 0) is 0 Å². The lowest BCUT2D eigenvalue weighted by Gasteiger charge is -2.27. The van der Waals surface area contributed by atoms with Crippen LogP contribution in [0, 0.1) is 0 Å². The molecule has 0 saturated heterocycles. The Morgan fingerprint density at radius 2 is 1.94 bits per heavy atom. The molecule has 0 spiro atoms. The summed E-state index contributed by atoms with van der Waals surface area (Å²) in [6, 6.07) is 7.00. The average molecular weight is 299 g/mol. The highest BCUT2D eigenvalue weighted by Crippen LogP contribution is 2.27. The molecular weight excluding hydrogens is 280 g/mol. The van der Waals surface area contributed by atoms with Crippen molar-refractivity contribution in [3.8, 4) is 5.75 Å². The number of rotatable bonds is 3. The molecule has 3 N–H and O–H groups in total. The van der Waals surface area contributed by atoms with E-state index < -0.39 is 0 Å². The monoisotopic (exact) mass is 298 g/mol. The molecule has 1 aliphatic rings. The van der Waals surface area contributed by atoms with Gasteiger partial charge in [-0.3, -0.25) is 0 Å². The van der Waals surface area contributed by atoms with Crippen molar-refractivity contribution < 1.29 is 4.74 Å². The van der Waals surface area contributed by atoms with Crippen LogP contribution in [-0.4, -0.2) is 19.2 Å². The van der Waals surface area contributed by atoms with Crippen molar-refractivity contribution in [3.05, 3.63) is 22.7 Å². The summed E-state index contributed by atoms with van der Waals surface area (Å²) >= 11 is 3.49. The van der Waals surface area contributed by atoms with Crippen LogP contribution in [0.15, 0.2) is 22.7 Å². The van der Waals surface area contributed by atoms with Crippen molar-refractivity contribution in [3.63, 3.8) is 0 Å². The number of hydrogen-bond donors (Lipinski definition) is 2. The fourth-order valence-corrected chi connectivity index (χ4v) is 2.74. The minimum absolute atomic E-state index is 0.394. The predicted molar refractivity (Wildman–Crippen MR) is 74.5 cm³/mol. The third-order valence-electron chi connectivity index (χ3n) is 3.25. The van der Waals surface area contributed by atoms with Gasteiger partial charge in [-0.25, -0.2) is 0 Å². The molecule has 0 amide bonds. The standard InChI is InChI=1S/C13H19BrN2O/c1-17-13-7-9(14)6-12(8-13)16-11-4-2-10(15)3-5-11/h6-8,10-11,16H,2-5,15H2,1H3. The van der Waals surface area contributed by atoms with Crippen molar-refractivity contribution >= 4 is 21.6 Å². The van der Waals surface area contributed by atoms with Gasteiger partial charge in [-0.15, -0.1) is 0 Å². The Labute approximate surface area is 111 Å². The Morgan fingerprint density at radius 1 is 1.24 bits per heavy atom. The zero-order valence-electron chi connectivity index (χ0n) is 10.1. The van der Waals surface area contributed by atoms with Gasteiger partial charge in [0.2, 0.25) is 0 Å². The molecule has 0 aromatic heterocycles. The van der Waals surface area contributed by atoms with Gasteiger partial charge in [-0.1, -0.05) is 15.9 Å². The maximum absolute atomic E-state index is 5.90. The van der Waals surface area contributed by atoms with E-state index in [2.05, 4.69) is 27.3 Å². The molecule has 4 heteroatoms. The first-order valence-corrected chi connectivity index (χ1v) is 6.83. The molecule has 0 atom stereocenters. The van der Waals surface area contributed by atoms with E-state index in [-0.39, 0.29) is 0 Å². The van der Waals surface area contributed by atoms with Crippen LogP contribution in [0.5, 0.6) is 5.75 Å². The lowest BCUT2D eigenvalue weighted by Crippen LogP contribution is -2.32. The Balaban J connectivity index is 2.00. The van der Waals surface area contributed by atoms with Gasteiger partial charge in [-0.05, 0) is 37.8 Å². The number of ether oxygens (including phenoxy) is 1. The molecule has 1 fully saturated rings. The van der Waals surface area contributed by atoms with Crippen LogP contribution in [0.2, 0.25) is 0 Å². The molecule has 0 bridgehead atoms. The molecule has 0 radical (unpaired) electrons. The lowest BCUT2D eigenvalue weighted by atomic mass is 9.92. The van der Waals surface area contributed by atoms with Gasteiger partial charge in [0.25, 0.3) is 0 Å². The topological polar surface area (TPSA) is 47.3 Å². The molecule has 3 nitrogen and oxygen atoms in total. The van der Waals surface area contributed by atoms with Crippen LogP contribution in [0.4, 0.5) is 5.69 Å². The summed E-state index contributed by atoms with van der Waals surface area (Å²) in [4.78, 5) is 0. The summed E-state index contributed by atoms with van der Waals surface area (Å²) in [6.07, 6.45) is 4.53. The minimum Gasteiger partial charge on any atom is -0.497 e. The van der Waals surface area contributed by atoms with E-state index in [1.165, 1.54) is 0 Å². The first-order chi connectivity index (χ1) is 8.17. The third kappa shape index (κ3) is 3.61. The molecule has 0 aliphatic heterocycles. The highest BCUT2D eigenvalue weighted by Gasteiger charge is 2.18. The van der Waals surface area contributed by atoms with E-state index in [4.69, 9.17) is 10.5 Å². The van der Waals surface area contributed by atoms with Gasteiger partial charge < -0.3 is 15.8 Å². The normalized spacial score (nSPS) is 24.4. The second-order valence-electron chi connectivity index (χ2n) is 4.64. The number of benzene rings is 1. The number of anilines is 1.